The van der Waals surface area contributed by atoms with Crippen molar-refractivity contribution in [3.05, 3.63) is 70.8 Å². The lowest BCUT2D eigenvalue weighted by molar-refractivity contribution is 0.673. The second-order valence-corrected chi connectivity index (χ2v) is 7.32. The Labute approximate surface area is 155 Å². The first-order valence-electron chi connectivity index (χ1n) is 9.48. The topological polar surface area (TPSA) is 26.0 Å². The van der Waals surface area contributed by atoms with Crippen molar-refractivity contribution < 1.29 is 0 Å². The third kappa shape index (κ3) is 7.60. The van der Waals surface area contributed by atoms with E-state index in [0.717, 1.165) is 18.5 Å². The Kier molecular flexibility index (Phi) is 9.05. The van der Waals surface area contributed by atoms with Crippen molar-refractivity contribution in [3.8, 4) is 0 Å². The van der Waals surface area contributed by atoms with Crippen molar-refractivity contribution in [2.75, 3.05) is 5.73 Å². The van der Waals surface area contributed by atoms with Crippen LogP contribution in [-0.4, -0.2) is 0 Å². The second kappa shape index (κ2) is 10.8. The normalized spacial score (nSPS) is 11.2. The lowest BCUT2D eigenvalue weighted by Crippen LogP contribution is -1.98. The molecule has 0 atom stereocenters. The fourth-order valence-corrected chi connectivity index (χ4v) is 2.96. The highest BCUT2D eigenvalue weighted by atomic mass is 14.6. The maximum Gasteiger partial charge on any atom is 0.0390 e. The largest absolute Gasteiger partial charge is 0.398 e. The number of hydrogen-bond acceptors (Lipinski definition) is 1. The van der Waals surface area contributed by atoms with Gasteiger partial charge in [-0.2, -0.15) is 0 Å². The maximum atomic E-state index is 6.17. The minimum atomic E-state index is 0.616. The summed E-state index contributed by atoms with van der Waals surface area (Å²) < 4.78 is 0. The van der Waals surface area contributed by atoms with Crippen LogP contribution in [0.5, 0.6) is 0 Å². The SMILES string of the molecule is CCC.Cc1cc(C)cc(C/C=C(/CC(C)C)c2ccccc2N)c1. The van der Waals surface area contributed by atoms with Crippen molar-refractivity contribution in [1.82, 2.24) is 0 Å². The van der Waals surface area contributed by atoms with Crippen molar-refractivity contribution in [3.63, 3.8) is 0 Å². The summed E-state index contributed by atoms with van der Waals surface area (Å²) in [5, 5.41) is 0. The molecule has 0 spiro atoms. The van der Waals surface area contributed by atoms with E-state index in [1.165, 1.54) is 34.2 Å². The quantitative estimate of drug-likeness (QED) is 0.585. The summed E-state index contributed by atoms with van der Waals surface area (Å²) >= 11 is 0. The molecule has 1 heteroatoms. The van der Waals surface area contributed by atoms with Gasteiger partial charge in [-0.1, -0.05) is 87.7 Å². The van der Waals surface area contributed by atoms with Gasteiger partial charge in [-0.25, -0.2) is 0 Å². The first kappa shape index (κ1) is 21.0. The van der Waals surface area contributed by atoms with Crippen LogP contribution in [0.3, 0.4) is 0 Å². The Hall–Kier alpha value is -2.02. The van der Waals surface area contributed by atoms with E-state index in [4.69, 9.17) is 5.73 Å². The molecule has 0 aliphatic rings. The number of benzene rings is 2. The van der Waals surface area contributed by atoms with Gasteiger partial charge in [-0.05, 0) is 49.8 Å². The molecule has 2 aromatic rings. The smallest absolute Gasteiger partial charge is 0.0390 e. The van der Waals surface area contributed by atoms with Gasteiger partial charge in [0.1, 0.15) is 0 Å². The van der Waals surface area contributed by atoms with Crippen LogP contribution >= 0.6 is 0 Å². The van der Waals surface area contributed by atoms with Crippen molar-refractivity contribution in [2.45, 2.75) is 60.8 Å². The molecule has 2 rings (SSSR count). The average Bonchev–Trinajstić information content (AvgIpc) is 2.51. The predicted molar refractivity (Wildman–Crippen MR) is 114 cm³/mol. The zero-order valence-electron chi connectivity index (χ0n) is 16.9. The summed E-state index contributed by atoms with van der Waals surface area (Å²) in [7, 11) is 0. The van der Waals surface area contributed by atoms with E-state index in [1.807, 2.05) is 12.1 Å². The van der Waals surface area contributed by atoms with E-state index in [-0.39, 0.29) is 0 Å². The average molecular weight is 338 g/mol. The molecule has 2 N–H and O–H groups in total. The van der Waals surface area contributed by atoms with Gasteiger partial charge < -0.3 is 5.73 Å². The Morgan fingerprint density at radius 1 is 1.00 bits per heavy atom. The van der Waals surface area contributed by atoms with Crippen molar-refractivity contribution in [1.29, 1.82) is 0 Å². The molecule has 0 bridgehead atoms. The number of hydrogen-bond donors (Lipinski definition) is 1. The summed E-state index contributed by atoms with van der Waals surface area (Å²) in [5.41, 5.74) is 13.6. The minimum absolute atomic E-state index is 0.616. The van der Waals surface area contributed by atoms with E-state index in [9.17, 15) is 0 Å². The molecule has 0 aromatic heterocycles. The first-order valence-corrected chi connectivity index (χ1v) is 9.48. The van der Waals surface area contributed by atoms with Crippen molar-refractivity contribution in [2.24, 2.45) is 5.92 Å². The van der Waals surface area contributed by atoms with E-state index < -0.39 is 0 Å². The lowest BCUT2D eigenvalue weighted by atomic mass is 9.93. The summed E-state index contributed by atoms with van der Waals surface area (Å²) in [5.74, 6) is 0.616. The van der Waals surface area contributed by atoms with Crippen LogP contribution in [0, 0.1) is 19.8 Å². The summed E-state index contributed by atoms with van der Waals surface area (Å²) in [6.07, 6.45) is 5.61. The molecule has 0 unspecified atom stereocenters. The highest BCUT2D eigenvalue weighted by Gasteiger charge is 2.07. The minimum Gasteiger partial charge on any atom is -0.398 e. The van der Waals surface area contributed by atoms with E-state index >= 15 is 0 Å². The van der Waals surface area contributed by atoms with Gasteiger partial charge >= 0.3 is 0 Å². The zero-order chi connectivity index (χ0) is 18.8. The Morgan fingerprint density at radius 2 is 1.56 bits per heavy atom. The summed E-state index contributed by atoms with van der Waals surface area (Å²) in [4.78, 5) is 0. The summed E-state index contributed by atoms with van der Waals surface area (Å²) in [6, 6.07) is 14.9. The van der Waals surface area contributed by atoms with Crippen molar-refractivity contribution >= 4 is 11.3 Å². The number of anilines is 1. The Morgan fingerprint density at radius 3 is 2.08 bits per heavy atom. The van der Waals surface area contributed by atoms with Crippen LogP contribution < -0.4 is 5.73 Å². The fourth-order valence-electron chi connectivity index (χ4n) is 2.96. The maximum absolute atomic E-state index is 6.17. The molecule has 2 aromatic carbocycles. The van der Waals surface area contributed by atoms with Gasteiger partial charge in [0.2, 0.25) is 0 Å². The van der Waals surface area contributed by atoms with Crippen LogP contribution in [0.4, 0.5) is 5.69 Å². The van der Waals surface area contributed by atoms with Gasteiger partial charge in [0.15, 0.2) is 0 Å². The molecule has 0 radical (unpaired) electrons. The van der Waals surface area contributed by atoms with Gasteiger partial charge in [0.05, 0.1) is 0 Å². The van der Waals surface area contributed by atoms with Crippen LogP contribution in [0.25, 0.3) is 5.57 Å². The highest BCUT2D eigenvalue weighted by Crippen LogP contribution is 2.27. The number of nitrogen functional groups attached to an aromatic ring is 1. The van der Waals surface area contributed by atoms with Gasteiger partial charge in [-0.15, -0.1) is 0 Å². The molecule has 0 aliphatic carbocycles. The Bertz CT molecular complexity index is 660. The first-order chi connectivity index (χ1) is 11.9. The molecule has 136 valence electrons. The molecular formula is C24H35N. The molecule has 0 amide bonds. The van der Waals surface area contributed by atoms with Gasteiger partial charge in [0.25, 0.3) is 0 Å². The zero-order valence-corrected chi connectivity index (χ0v) is 16.9. The molecule has 25 heavy (non-hydrogen) atoms. The van der Waals surface area contributed by atoms with E-state index in [2.05, 4.69) is 78.0 Å². The fraction of sp³-hybridized carbons (Fsp3) is 0.417. The standard InChI is InChI=1S/C21H27N.C3H8/c1-15(2)11-19(20-7-5-6-8-21(20)22)10-9-18-13-16(3)12-17(4)14-18;1-3-2/h5-8,10,12-15H,9,11,22H2,1-4H3;3H2,1-2H3/b19-10-;. The molecule has 0 fully saturated rings. The highest BCUT2D eigenvalue weighted by molar-refractivity contribution is 5.75. The number of rotatable bonds is 5. The van der Waals surface area contributed by atoms with Crippen LogP contribution in [0.1, 0.15) is 62.8 Å². The predicted octanol–water partition coefficient (Wildman–Crippen LogP) is 6.97. The molecular weight excluding hydrogens is 302 g/mol. The third-order valence-corrected chi connectivity index (χ3v) is 3.80. The van der Waals surface area contributed by atoms with E-state index in [0.29, 0.717) is 5.92 Å². The second-order valence-electron chi connectivity index (χ2n) is 7.32. The van der Waals surface area contributed by atoms with E-state index in [1.54, 1.807) is 0 Å². The van der Waals surface area contributed by atoms with Crippen LogP contribution in [-0.2, 0) is 6.42 Å². The molecule has 1 nitrogen and oxygen atoms in total. The molecule has 0 saturated heterocycles. The van der Waals surface area contributed by atoms with Crippen LogP contribution in [0.2, 0.25) is 0 Å². The number of aryl methyl sites for hydroxylation is 2. The molecule has 0 saturated carbocycles. The Balaban J connectivity index is 0.000000970. The molecule has 0 aliphatic heterocycles. The van der Waals surface area contributed by atoms with Crippen LogP contribution in [0.15, 0.2) is 48.5 Å². The number of nitrogens with two attached hydrogens (primary N) is 1. The van der Waals surface area contributed by atoms with Gasteiger partial charge in [-0.3, -0.25) is 0 Å². The van der Waals surface area contributed by atoms with Gasteiger partial charge in [0, 0.05) is 11.3 Å². The monoisotopic (exact) mass is 337 g/mol. The third-order valence-electron chi connectivity index (χ3n) is 3.80. The molecule has 0 heterocycles. The summed E-state index contributed by atoms with van der Waals surface area (Å²) in [6.45, 7) is 13.1. The number of para-hydroxylation sites is 1. The number of allylic oxidation sites excluding steroid dienone is 2. The lowest BCUT2D eigenvalue weighted by Gasteiger charge is -2.13.